The molecule has 4 heteroatoms. The quantitative estimate of drug-likeness (QED) is 0.675. The van der Waals surface area contributed by atoms with Crippen LogP contribution in [-0.4, -0.2) is 25.3 Å². The average molecular weight is 321 g/mol. The van der Waals surface area contributed by atoms with Crippen LogP contribution >= 0.6 is 0 Å². The lowest BCUT2D eigenvalue weighted by atomic mass is 10.1. The molecule has 0 atom stereocenters. The fraction of sp³-hybridized carbons (Fsp3) is 0.556. The molecule has 0 bridgehead atoms. The van der Waals surface area contributed by atoms with Gasteiger partial charge in [-0.3, -0.25) is 0 Å². The van der Waals surface area contributed by atoms with Crippen LogP contribution in [0.25, 0.3) is 0 Å². The number of nitrogens with zero attached hydrogens (tertiary/aromatic N) is 1. The summed E-state index contributed by atoms with van der Waals surface area (Å²) in [7, 11) is -3.42. The molecule has 0 radical (unpaired) electrons. The van der Waals surface area contributed by atoms with Gasteiger partial charge in [-0.25, -0.2) is 8.42 Å². The number of aryl methyl sites for hydroxylation is 1. The maximum Gasteiger partial charge on any atom is 0.243 e. The van der Waals surface area contributed by atoms with Gasteiger partial charge in [-0.1, -0.05) is 44.4 Å². The molecular weight excluding hydrogens is 294 g/mol. The predicted octanol–water partition coefficient (Wildman–Crippen LogP) is 4.15. The Bertz CT molecular complexity index is 572. The number of hydrogen-bond donors (Lipinski definition) is 0. The van der Waals surface area contributed by atoms with Gasteiger partial charge in [0.15, 0.2) is 0 Å². The number of benzene rings is 1. The van der Waals surface area contributed by atoms with Crippen LogP contribution in [0, 0.1) is 0 Å². The van der Waals surface area contributed by atoms with E-state index in [1.54, 1.807) is 22.5 Å². The SMILES string of the molecule is C=CCN(C1CCCC1)S(=O)(=O)c1ccc(CCCC)cc1. The Morgan fingerprint density at radius 2 is 1.86 bits per heavy atom. The minimum Gasteiger partial charge on any atom is -0.207 e. The molecule has 1 aromatic carbocycles. The van der Waals surface area contributed by atoms with Crippen LogP contribution in [0.3, 0.4) is 0 Å². The molecule has 0 aliphatic heterocycles. The van der Waals surface area contributed by atoms with Gasteiger partial charge < -0.3 is 0 Å². The second-order valence-electron chi connectivity index (χ2n) is 6.05. The molecule has 1 aliphatic rings. The predicted molar refractivity (Wildman–Crippen MR) is 91.4 cm³/mol. The van der Waals surface area contributed by atoms with Gasteiger partial charge >= 0.3 is 0 Å². The second-order valence-corrected chi connectivity index (χ2v) is 7.94. The van der Waals surface area contributed by atoms with Crippen molar-refractivity contribution < 1.29 is 8.42 Å². The Kier molecular flexibility index (Phi) is 6.21. The summed E-state index contributed by atoms with van der Waals surface area (Å²) < 4.78 is 27.5. The van der Waals surface area contributed by atoms with Crippen molar-refractivity contribution in [3.8, 4) is 0 Å². The van der Waals surface area contributed by atoms with Crippen LogP contribution in [0.1, 0.15) is 51.0 Å². The summed E-state index contributed by atoms with van der Waals surface area (Å²) in [5.74, 6) is 0. The van der Waals surface area contributed by atoms with Crippen molar-refractivity contribution in [2.24, 2.45) is 0 Å². The molecule has 1 aromatic rings. The summed E-state index contributed by atoms with van der Waals surface area (Å²) in [6.07, 6.45) is 9.13. The molecule has 122 valence electrons. The normalized spacial score (nSPS) is 16.3. The Balaban J connectivity index is 2.20. The molecule has 0 heterocycles. The highest BCUT2D eigenvalue weighted by Gasteiger charge is 2.32. The zero-order valence-electron chi connectivity index (χ0n) is 13.5. The largest absolute Gasteiger partial charge is 0.243 e. The summed E-state index contributed by atoms with van der Waals surface area (Å²) in [5, 5.41) is 0. The molecule has 0 amide bonds. The fourth-order valence-corrected chi connectivity index (χ4v) is 4.76. The van der Waals surface area contributed by atoms with E-state index in [1.165, 1.54) is 5.56 Å². The van der Waals surface area contributed by atoms with E-state index in [2.05, 4.69) is 13.5 Å². The smallest absolute Gasteiger partial charge is 0.207 e. The van der Waals surface area contributed by atoms with Gasteiger partial charge in [0.2, 0.25) is 10.0 Å². The maximum absolute atomic E-state index is 12.9. The molecular formula is C18H27NO2S. The first-order chi connectivity index (χ1) is 10.6. The van der Waals surface area contributed by atoms with Crippen molar-refractivity contribution in [1.82, 2.24) is 4.31 Å². The lowest BCUT2D eigenvalue weighted by molar-refractivity contribution is 0.347. The van der Waals surface area contributed by atoms with Crippen LogP contribution in [0.2, 0.25) is 0 Å². The molecule has 1 aliphatic carbocycles. The minimum atomic E-state index is -3.42. The molecule has 22 heavy (non-hydrogen) atoms. The lowest BCUT2D eigenvalue weighted by Crippen LogP contribution is -2.38. The van der Waals surface area contributed by atoms with E-state index < -0.39 is 10.0 Å². The second kappa shape index (κ2) is 7.93. The van der Waals surface area contributed by atoms with Crippen LogP contribution in [0.15, 0.2) is 41.8 Å². The molecule has 0 spiro atoms. The minimum absolute atomic E-state index is 0.128. The van der Waals surface area contributed by atoms with E-state index in [1.807, 2.05) is 12.1 Å². The summed E-state index contributed by atoms with van der Waals surface area (Å²) in [6.45, 7) is 6.27. The summed E-state index contributed by atoms with van der Waals surface area (Å²) >= 11 is 0. The van der Waals surface area contributed by atoms with Crippen molar-refractivity contribution in [3.05, 3.63) is 42.5 Å². The Morgan fingerprint density at radius 3 is 2.41 bits per heavy atom. The molecule has 0 unspecified atom stereocenters. The van der Waals surface area contributed by atoms with Gasteiger partial charge in [-0.2, -0.15) is 4.31 Å². The first-order valence-corrected chi connectivity index (χ1v) is 9.75. The first kappa shape index (κ1) is 17.2. The zero-order valence-corrected chi connectivity index (χ0v) is 14.3. The number of hydrogen-bond acceptors (Lipinski definition) is 2. The van der Waals surface area contributed by atoms with E-state index in [-0.39, 0.29) is 6.04 Å². The zero-order chi connectivity index (χ0) is 16.0. The van der Waals surface area contributed by atoms with E-state index in [4.69, 9.17) is 0 Å². The third kappa shape index (κ3) is 3.99. The Labute approximate surface area is 135 Å². The van der Waals surface area contributed by atoms with E-state index in [0.29, 0.717) is 11.4 Å². The topological polar surface area (TPSA) is 37.4 Å². The third-order valence-corrected chi connectivity index (χ3v) is 6.32. The number of unbranched alkanes of at least 4 members (excludes halogenated alkanes) is 1. The average Bonchev–Trinajstić information content (AvgIpc) is 3.04. The molecule has 2 rings (SSSR count). The van der Waals surface area contributed by atoms with Gasteiger partial charge in [0.05, 0.1) is 4.90 Å². The van der Waals surface area contributed by atoms with Gasteiger partial charge in [0.25, 0.3) is 0 Å². The Hall–Kier alpha value is -1.13. The van der Waals surface area contributed by atoms with Crippen LogP contribution in [0.4, 0.5) is 0 Å². The highest BCUT2D eigenvalue weighted by Crippen LogP contribution is 2.28. The van der Waals surface area contributed by atoms with E-state index in [0.717, 1.165) is 44.9 Å². The molecule has 0 aromatic heterocycles. The number of sulfonamides is 1. The highest BCUT2D eigenvalue weighted by molar-refractivity contribution is 7.89. The number of rotatable bonds is 8. The summed E-state index contributed by atoms with van der Waals surface area (Å²) in [4.78, 5) is 0.404. The fourth-order valence-electron chi connectivity index (χ4n) is 3.11. The molecule has 0 saturated heterocycles. The maximum atomic E-state index is 12.9. The Morgan fingerprint density at radius 1 is 1.23 bits per heavy atom. The van der Waals surface area contributed by atoms with Gasteiger partial charge in [-0.15, -0.1) is 6.58 Å². The monoisotopic (exact) mass is 321 g/mol. The molecule has 0 N–H and O–H groups in total. The lowest BCUT2D eigenvalue weighted by Gasteiger charge is -2.27. The summed E-state index contributed by atoms with van der Waals surface area (Å²) in [6, 6.07) is 7.53. The first-order valence-electron chi connectivity index (χ1n) is 8.31. The van der Waals surface area contributed by atoms with Gasteiger partial charge in [0.1, 0.15) is 0 Å². The van der Waals surface area contributed by atoms with Crippen molar-refractivity contribution in [3.63, 3.8) is 0 Å². The molecule has 1 fully saturated rings. The van der Waals surface area contributed by atoms with Crippen molar-refractivity contribution in [1.29, 1.82) is 0 Å². The van der Waals surface area contributed by atoms with Crippen molar-refractivity contribution in [2.45, 2.75) is 62.8 Å². The summed E-state index contributed by atoms with van der Waals surface area (Å²) in [5.41, 5.74) is 1.21. The standard InChI is InChI=1S/C18H27NO2S/c1-3-5-8-16-11-13-18(14-12-16)22(20,21)19(15-4-2)17-9-6-7-10-17/h4,11-14,17H,2-3,5-10,15H2,1H3. The molecule has 3 nitrogen and oxygen atoms in total. The van der Waals surface area contributed by atoms with Crippen molar-refractivity contribution >= 4 is 10.0 Å². The third-order valence-electron chi connectivity index (χ3n) is 4.39. The van der Waals surface area contributed by atoms with E-state index >= 15 is 0 Å². The van der Waals surface area contributed by atoms with E-state index in [9.17, 15) is 8.42 Å². The van der Waals surface area contributed by atoms with Crippen LogP contribution in [0.5, 0.6) is 0 Å². The van der Waals surface area contributed by atoms with Crippen molar-refractivity contribution in [2.75, 3.05) is 6.54 Å². The van der Waals surface area contributed by atoms with Crippen LogP contribution < -0.4 is 0 Å². The van der Waals surface area contributed by atoms with Gasteiger partial charge in [-0.05, 0) is 43.4 Å². The van der Waals surface area contributed by atoms with Gasteiger partial charge in [0, 0.05) is 12.6 Å². The highest BCUT2D eigenvalue weighted by atomic mass is 32.2. The molecule has 1 saturated carbocycles. The van der Waals surface area contributed by atoms with Crippen LogP contribution in [-0.2, 0) is 16.4 Å².